The molecular formula is C21H27N3O3. The number of nitrogens with one attached hydrogen (secondary N) is 2. The van der Waals surface area contributed by atoms with Gasteiger partial charge in [-0.05, 0) is 81.1 Å². The molecule has 0 bridgehead atoms. The second-order valence-electron chi connectivity index (χ2n) is 7.18. The molecule has 144 valence electrons. The minimum atomic E-state index is -0.373. The number of hydrogen-bond acceptors (Lipinski definition) is 4. The van der Waals surface area contributed by atoms with Crippen molar-refractivity contribution in [3.8, 4) is 5.75 Å². The summed E-state index contributed by atoms with van der Waals surface area (Å²) in [5, 5.41) is 6.24. The fourth-order valence-electron chi connectivity index (χ4n) is 3.53. The van der Waals surface area contributed by atoms with E-state index in [2.05, 4.69) is 10.6 Å². The van der Waals surface area contributed by atoms with E-state index in [1.807, 2.05) is 19.1 Å². The highest BCUT2D eigenvalue weighted by molar-refractivity contribution is 6.05. The lowest BCUT2D eigenvalue weighted by atomic mass is 9.99. The van der Waals surface area contributed by atoms with Crippen LogP contribution in [0.3, 0.4) is 0 Å². The summed E-state index contributed by atoms with van der Waals surface area (Å²) in [5.41, 5.74) is 2.21. The lowest BCUT2D eigenvalue weighted by Gasteiger charge is -2.23. The molecule has 1 amide bonds. The van der Waals surface area contributed by atoms with Crippen molar-refractivity contribution in [1.29, 1.82) is 0 Å². The van der Waals surface area contributed by atoms with Gasteiger partial charge in [-0.15, -0.1) is 0 Å². The van der Waals surface area contributed by atoms with E-state index in [1.54, 1.807) is 36.9 Å². The summed E-state index contributed by atoms with van der Waals surface area (Å²) in [6, 6.07) is 7.26. The molecule has 1 atom stereocenters. The van der Waals surface area contributed by atoms with Gasteiger partial charge in [0.1, 0.15) is 11.3 Å². The Kier molecular flexibility index (Phi) is 5.96. The zero-order valence-corrected chi connectivity index (χ0v) is 16.2. The number of nitrogens with zero attached hydrogens (tertiary/aromatic N) is 1. The van der Waals surface area contributed by atoms with Crippen LogP contribution in [0.25, 0.3) is 0 Å². The monoisotopic (exact) mass is 369 g/mol. The van der Waals surface area contributed by atoms with Gasteiger partial charge in [-0.1, -0.05) is 0 Å². The first-order valence-electron chi connectivity index (χ1n) is 9.36. The molecule has 1 aliphatic rings. The molecule has 0 aliphatic carbocycles. The van der Waals surface area contributed by atoms with E-state index >= 15 is 0 Å². The van der Waals surface area contributed by atoms with Gasteiger partial charge in [0.25, 0.3) is 11.5 Å². The number of piperidine rings is 1. The number of anilines is 1. The van der Waals surface area contributed by atoms with E-state index in [1.165, 1.54) is 0 Å². The van der Waals surface area contributed by atoms with Crippen LogP contribution >= 0.6 is 0 Å². The van der Waals surface area contributed by atoms with Crippen LogP contribution in [0, 0.1) is 19.8 Å². The maximum Gasteiger partial charge on any atom is 0.263 e. The third-order valence-corrected chi connectivity index (χ3v) is 5.14. The second kappa shape index (κ2) is 8.39. The predicted molar refractivity (Wildman–Crippen MR) is 107 cm³/mol. The molecule has 27 heavy (non-hydrogen) atoms. The first-order valence-corrected chi connectivity index (χ1v) is 9.36. The number of aromatic nitrogens is 1. The average Bonchev–Trinajstić information content (AvgIpc) is 2.66. The summed E-state index contributed by atoms with van der Waals surface area (Å²) >= 11 is 0. The standard InChI is InChI=1S/C21H27N3O3/c1-14-8-10-24(13-16-5-4-9-22-12-16)21(26)19(14)20(25)23-18-7-6-17(27-3)11-15(18)2/h6-8,10-11,16,22H,4-5,9,12-13H2,1-3H3,(H,23,25). The number of methoxy groups -OCH3 is 1. The van der Waals surface area contributed by atoms with Gasteiger partial charge in [0.15, 0.2) is 0 Å². The molecule has 1 aliphatic heterocycles. The van der Waals surface area contributed by atoms with E-state index in [0.29, 0.717) is 23.7 Å². The minimum absolute atomic E-state index is 0.205. The molecule has 1 aromatic carbocycles. The predicted octanol–water partition coefficient (Wildman–Crippen LogP) is 2.73. The number of rotatable bonds is 5. The maximum absolute atomic E-state index is 12.9. The Morgan fingerprint density at radius 3 is 2.78 bits per heavy atom. The smallest absolute Gasteiger partial charge is 0.263 e. The van der Waals surface area contributed by atoms with Crippen LogP contribution in [0.1, 0.15) is 34.3 Å². The number of ether oxygens (including phenoxy) is 1. The van der Waals surface area contributed by atoms with Crippen molar-refractivity contribution in [3.63, 3.8) is 0 Å². The Morgan fingerprint density at radius 2 is 2.11 bits per heavy atom. The summed E-state index contributed by atoms with van der Waals surface area (Å²) in [6.45, 7) is 6.27. The lowest BCUT2D eigenvalue weighted by molar-refractivity contribution is 0.102. The fraction of sp³-hybridized carbons (Fsp3) is 0.429. The summed E-state index contributed by atoms with van der Waals surface area (Å²) in [4.78, 5) is 25.8. The van der Waals surface area contributed by atoms with Gasteiger partial charge in [-0.25, -0.2) is 0 Å². The zero-order valence-electron chi connectivity index (χ0n) is 16.2. The summed E-state index contributed by atoms with van der Waals surface area (Å²) in [6.07, 6.45) is 4.01. The quantitative estimate of drug-likeness (QED) is 0.850. The van der Waals surface area contributed by atoms with Crippen LogP contribution in [0.15, 0.2) is 35.3 Å². The Hall–Kier alpha value is -2.60. The number of carbonyl (C=O) groups excluding carboxylic acids is 1. The normalized spacial score (nSPS) is 16.8. The largest absolute Gasteiger partial charge is 0.497 e. The lowest BCUT2D eigenvalue weighted by Crippen LogP contribution is -2.36. The van der Waals surface area contributed by atoms with Crippen molar-refractivity contribution < 1.29 is 9.53 Å². The molecule has 6 heteroatoms. The van der Waals surface area contributed by atoms with Crippen LogP contribution in [-0.4, -0.2) is 30.7 Å². The van der Waals surface area contributed by atoms with Crippen molar-refractivity contribution in [2.45, 2.75) is 33.2 Å². The maximum atomic E-state index is 12.9. The molecule has 3 rings (SSSR count). The third kappa shape index (κ3) is 4.39. The van der Waals surface area contributed by atoms with E-state index in [0.717, 1.165) is 37.2 Å². The Bertz CT molecular complexity index is 883. The van der Waals surface area contributed by atoms with Crippen LogP contribution in [0.5, 0.6) is 5.75 Å². The summed E-state index contributed by atoms with van der Waals surface area (Å²) in [5.74, 6) is 0.769. The molecule has 1 saturated heterocycles. The average molecular weight is 369 g/mol. The summed E-state index contributed by atoms with van der Waals surface area (Å²) < 4.78 is 6.86. The number of hydrogen-bond donors (Lipinski definition) is 2. The van der Waals surface area contributed by atoms with Crippen LogP contribution in [0.4, 0.5) is 5.69 Å². The van der Waals surface area contributed by atoms with E-state index in [-0.39, 0.29) is 17.0 Å². The Labute approximate surface area is 159 Å². The van der Waals surface area contributed by atoms with E-state index in [9.17, 15) is 9.59 Å². The first-order chi connectivity index (χ1) is 13.0. The van der Waals surface area contributed by atoms with Crippen LogP contribution in [0.2, 0.25) is 0 Å². The number of benzene rings is 1. The molecule has 1 unspecified atom stereocenters. The van der Waals surface area contributed by atoms with Gasteiger partial charge >= 0.3 is 0 Å². The highest BCUT2D eigenvalue weighted by Gasteiger charge is 2.19. The topological polar surface area (TPSA) is 72.4 Å². The Balaban J connectivity index is 1.83. The molecule has 2 aromatic rings. The van der Waals surface area contributed by atoms with Gasteiger partial charge in [0, 0.05) is 18.4 Å². The molecule has 1 fully saturated rings. The van der Waals surface area contributed by atoms with Gasteiger partial charge in [0.05, 0.1) is 7.11 Å². The second-order valence-corrected chi connectivity index (χ2v) is 7.18. The fourth-order valence-corrected chi connectivity index (χ4v) is 3.53. The van der Waals surface area contributed by atoms with Crippen molar-refractivity contribution in [2.24, 2.45) is 5.92 Å². The zero-order chi connectivity index (χ0) is 19.4. The van der Waals surface area contributed by atoms with Gasteiger partial charge < -0.3 is 19.9 Å². The highest BCUT2D eigenvalue weighted by Crippen LogP contribution is 2.21. The SMILES string of the molecule is COc1ccc(NC(=O)c2c(C)ccn(CC3CCCNC3)c2=O)c(C)c1. The Morgan fingerprint density at radius 1 is 1.30 bits per heavy atom. The van der Waals surface area contributed by atoms with Crippen molar-refractivity contribution >= 4 is 11.6 Å². The van der Waals surface area contributed by atoms with E-state index < -0.39 is 0 Å². The molecule has 6 nitrogen and oxygen atoms in total. The van der Waals surface area contributed by atoms with Crippen LogP contribution < -0.4 is 20.9 Å². The molecule has 0 spiro atoms. The van der Waals surface area contributed by atoms with Crippen molar-refractivity contribution in [3.05, 3.63) is 57.5 Å². The third-order valence-electron chi connectivity index (χ3n) is 5.14. The molecule has 1 aromatic heterocycles. The molecule has 0 radical (unpaired) electrons. The van der Waals surface area contributed by atoms with Gasteiger partial charge in [-0.2, -0.15) is 0 Å². The van der Waals surface area contributed by atoms with Gasteiger partial charge in [-0.3, -0.25) is 9.59 Å². The molecule has 2 N–H and O–H groups in total. The van der Waals surface area contributed by atoms with Crippen LogP contribution in [-0.2, 0) is 6.54 Å². The van der Waals surface area contributed by atoms with E-state index in [4.69, 9.17) is 4.74 Å². The molecule has 0 saturated carbocycles. The number of carbonyl (C=O) groups is 1. The number of aryl methyl sites for hydroxylation is 2. The number of amides is 1. The van der Waals surface area contributed by atoms with Crippen molar-refractivity contribution in [2.75, 3.05) is 25.5 Å². The summed E-state index contributed by atoms with van der Waals surface area (Å²) in [7, 11) is 1.60. The molecular weight excluding hydrogens is 342 g/mol. The van der Waals surface area contributed by atoms with Crippen molar-refractivity contribution in [1.82, 2.24) is 9.88 Å². The minimum Gasteiger partial charge on any atom is -0.497 e. The van der Waals surface area contributed by atoms with Gasteiger partial charge in [0.2, 0.25) is 0 Å². The molecule has 2 heterocycles. The number of pyridine rings is 1. The highest BCUT2D eigenvalue weighted by atomic mass is 16.5. The first kappa shape index (κ1) is 19.2.